The van der Waals surface area contributed by atoms with Crippen LogP contribution in [-0.2, 0) is 5.41 Å². The van der Waals surface area contributed by atoms with Crippen LogP contribution in [0.25, 0.3) is 21.9 Å². The minimum absolute atomic E-state index is 0.0266. The summed E-state index contributed by atoms with van der Waals surface area (Å²) in [6.07, 6.45) is 0. The quantitative estimate of drug-likeness (QED) is 0.291. The van der Waals surface area contributed by atoms with E-state index in [1.54, 1.807) is 0 Å². The molecule has 1 N–H and O–H groups in total. The van der Waals surface area contributed by atoms with Crippen molar-refractivity contribution in [1.29, 1.82) is 0 Å². The molecule has 3 heteroatoms. The Hall–Kier alpha value is -4.24. The van der Waals surface area contributed by atoms with Crippen LogP contribution < -0.4 is 14.8 Å². The number of rotatable bonds is 2. The number of hydrogen-bond acceptors (Lipinski definition) is 3. The van der Waals surface area contributed by atoms with Crippen LogP contribution in [-0.4, -0.2) is 0 Å². The van der Waals surface area contributed by atoms with Gasteiger partial charge in [-0.25, -0.2) is 0 Å². The summed E-state index contributed by atoms with van der Waals surface area (Å²) >= 11 is 0. The second-order valence-corrected chi connectivity index (χ2v) is 9.54. The van der Waals surface area contributed by atoms with E-state index in [2.05, 4.69) is 79.8 Å². The molecule has 0 unspecified atom stereocenters. The average molecular weight is 442 g/mol. The van der Waals surface area contributed by atoms with E-state index in [0.29, 0.717) is 5.75 Å². The van der Waals surface area contributed by atoms with Gasteiger partial charge >= 0.3 is 0 Å². The van der Waals surface area contributed by atoms with Crippen LogP contribution >= 0.6 is 0 Å². The molecule has 0 radical (unpaired) electrons. The Bertz CT molecular complexity index is 1620. The summed E-state index contributed by atoms with van der Waals surface area (Å²) in [4.78, 5) is 0. The highest BCUT2D eigenvalue weighted by Crippen LogP contribution is 2.51. The molecule has 3 nitrogen and oxygen atoms in total. The van der Waals surface area contributed by atoms with Crippen molar-refractivity contribution < 1.29 is 9.47 Å². The first-order valence-corrected chi connectivity index (χ1v) is 11.6. The van der Waals surface area contributed by atoms with Crippen LogP contribution in [0.5, 0.6) is 23.0 Å². The van der Waals surface area contributed by atoms with Gasteiger partial charge in [-0.3, -0.25) is 0 Å². The maximum Gasteiger partial charge on any atom is 0.177 e. The van der Waals surface area contributed by atoms with Crippen molar-refractivity contribution in [3.63, 3.8) is 0 Å². The molecule has 0 bridgehead atoms. The second kappa shape index (κ2) is 6.88. The maximum atomic E-state index is 6.35. The van der Waals surface area contributed by atoms with Gasteiger partial charge < -0.3 is 14.8 Å². The number of ether oxygens (including phenoxy) is 2. The van der Waals surface area contributed by atoms with Crippen LogP contribution in [0.1, 0.15) is 25.0 Å². The van der Waals surface area contributed by atoms with Crippen molar-refractivity contribution in [2.24, 2.45) is 0 Å². The molecular weight excluding hydrogens is 418 g/mol. The van der Waals surface area contributed by atoms with Gasteiger partial charge in [0.2, 0.25) is 0 Å². The molecule has 0 saturated carbocycles. The normalized spacial score (nSPS) is 14.3. The van der Waals surface area contributed by atoms with Crippen molar-refractivity contribution in [2.45, 2.75) is 19.3 Å². The highest BCUT2D eigenvalue weighted by Gasteiger charge is 2.35. The third kappa shape index (κ3) is 2.77. The van der Waals surface area contributed by atoms with Gasteiger partial charge in [-0.1, -0.05) is 74.5 Å². The van der Waals surface area contributed by atoms with Gasteiger partial charge in [0.15, 0.2) is 23.0 Å². The van der Waals surface area contributed by atoms with Crippen molar-refractivity contribution in [1.82, 2.24) is 0 Å². The van der Waals surface area contributed by atoms with Gasteiger partial charge in [-0.05, 0) is 58.0 Å². The van der Waals surface area contributed by atoms with E-state index in [9.17, 15) is 0 Å². The standard InChI is InChI=1S/C31H23NO2/c1-31(2)25-10-6-5-9-23(25)24-14-12-20(17-26(24)31)32-21-13-16-27-29(18-21)34-30-22-8-4-3-7-19(22)11-15-28(30)33-27/h3-18,32H,1-2H3. The highest BCUT2D eigenvalue weighted by atomic mass is 16.6. The van der Waals surface area contributed by atoms with Gasteiger partial charge in [0.25, 0.3) is 0 Å². The summed E-state index contributed by atoms with van der Waals surface area (Å²) in [6.45, 7) is 4.60. The van der Waals surface area contributed by atoms with Crippen molar-refractivity contribution in [3.05, 3.63) is 108 Å². The van der Waals surface area contributed by atoms with Gasteiger partial charge in [-0.2, -0.15) is 0 Å². The molecule has 34 heavy (non-hydrogen) atoms. The monoisotopic (exact) mass is 441 g/mol. The Kier molecular flexibility index (Phi) is 3.89. The van der Waals surface area contributed by atoms with Crippen molar-refractivity contribution in [2.75, 3.05) is 5.32 Å². The van der Waals surface area contributed by atoms with Crippen LogP contribution in [0.15, 0.2) is 97.1 Å². The Morgan fingerprint density at radius 2 is 1.32 bits per heavy atom. The summed E-state index contributed by atoms with van der Waals surface area (Å²) in [7, 11) is 0. The van der Waals surface area contributed by atoms with Gasteiger partial charge in [0, 0.05) is 28.2 Å². The van der Waals surface area contributed by atoms with E-state index in [4.69, 9.17) is 9.47 Å². The molecular formula is C31H23NO2. The van der Waals surface area contributed by atoms with Crippen LogP contribution in [0.4, 0.5) is 11.4 Å². The lowest BCUT2D eigenvalue weighted by Gasteiger charge is -2.23. The first-order valence-electron chi connectivity index (χ1n) is 11.6. The minimum Gasteiger partial charge on any atom is -0.449 e. The van der Waals surface area contributed by atoms with Crippen molar-refractivity contribution >= 4 is 22.1 Å². The molecule has 1 heterocycles. The van der Waals surface area contributed by atoms with Gasteiger partial charge in [-0.15, -0.1) is 0 Å². The fourth-order valence-corrected chi connectivity index (χ4v) is 5.34. The molecule has 0 atom stereocenters. The molecule has 7 rings (SSSR count). The molecule has 2 aliphatic rings. The molecule has 0 aromatic heterocycles. The Morgan fingerprint density at radius 3 is 2.26 bits per heavy atom. The van der Waals surface area contributed by atoms with E-state index >= 15 is 0 Å². The first kappa shape index (κ1) is 19.2. The van der Waals surface area contributed by atoms with E-state index < -0.39 is 0 Å². The Labute approximate surface area is 198 Å². The fraction of sp³-hybridized carbons (Fsp3) is 0.0968. The van der Waals surface area contributed by atoms with Crippen molar-refractivity contribution in [3.8, 4) is 34.1 Å². The molecule has 1 aliphatic heterocycles. The third-order valence-corrected chi connectivity index (χ3v) is 7.09. The number of hydrogen-bond donors (Lipinski definition) is 1. The SMILES string of the molecule is CC1(C)c2ccccc2-c2ccc(Nc3ccc4c(c3)Oc3c(ccc5ccccc35)O4)cc21. The molecule has 0 spiro atoms. The summed E-state index contributed by atoms with van der Waals surface area (Å²) in [5, 5.41) is 5.75. The van der Waals surface area contributed by atoms with E-state index in [0.717, 1.165) is 39.4 Å². The molecule has 5 aromatic carbocycles. The minimum atomic E-state index is -0.0266. The zero-order chi connectivity index (χ0) is 22.9. The summed E-state index contributed by atoms with van der Waals surface area (Å²) in [6, 6.07) is 33.6. The van der Waals surface area contributed by atoms with E-state index in [1.165, 1.54) is 22.3 Å². The average Bonchev–Trinajstić information content (AvgIpc) is 3.09. The van der Waals surface area contributed by atoms with Gasteiger partial charge in [0.05, 0.1) is 0 Å². The number of anilines is 2. The summed E-state index contributed by atoms with van der Waals surface area (Å²) in [5.41, 5.74) is 7.36. The zero-order valence-corrected chi connectivity index (χ0v) is 19.1. The predicted octanol–water partition coefficient (Wildman–Crippen LogP) is 8.79. The van der Waals surface area contributed by atoms with Crippen LogP contribution in [0, 0.1) is 0 Å². The molecule has 1 aliphatic carbocycles. The Morgan fingerprint density at radius 1 is 0.588 bits per heavy atom. The predicted molar refractivity (Wildman–Crippen MR) is 138 cm³/mol. The van der Waals surface area contributed by atoms with Crippen LogP contribution in [0.3, 0.4) is 0 Å². The fourth-order valence-electron chi connectivity index (χ4n) is 5.34. The number of benzene rings is 5. The maximum absolute atomic E-state index is 6.35. The lowest BCUT2D eigenvalue weighted by atomic mass is 9.82. The molecule has 0 saturated heterocycles. The zero-order valence-electron chi connectivity index (χ0n) is 19.1. The topological polar surface area (TPSA) is 30.5 Å². The lowest BCUT2D eigenvalue weighted by Crippen LogP contribution is -2.15. The highest BCUT2D eigenvalue weighted by molar-refractivity contribution is 5.92. The molecule has 0 amide bonds. The summed E-state index contributed by atoms with van der Waals surface area (Å²) < 4.78 is 12.5. The first-order chi connectivity index (χ1) is 16.6. The number of nitrogens with one attached hydrogen (secondary N) is 1. The summed E-state index contributed by atoms with van der Waals surface area (Å²) in [5.74, 6) is 2.94. The molecule has 164 valence electrons. The smallest absolute Gasteiger partial charge is 0.177 e. The van der Waals surface area contributed by atoms with Crippen LogP contribution in [0.2, 0.25) is 0 Å². The van der Waals surface area contributed by atoms with Gasteiger partial charge in [0.1, 0.15) is 0 Å². The number of fused-ring (bicyclic) bond motifs is 7. The van der Waals surface area contributed by atoms with E-state index in [1.807, 2.05) is 36.4 Å². The largest absolute Gasteiger partial charge is 0.449 e. The van der Waals surface area contributed by atoms with E-state index in [-0.39, 0.29) is 5.41 Å². The lowest BCUT2D eigenvalue weighted by molar-refractivity contribution is 0.363. The molecule has 0 fully saturated rings. The Balaban J connectivity index is 1.23. The molecule has 5 aromatic rings. The second-order valence-electron chi connectivity index (χ2n) is 9.54. The third-order valence-electron chi connectivity index (χ3n) is 7.09.